The van der Waals surface area contributed by atoms with Crippen LogP contribution in [0.3, 0.4) is 0 Å². The van der Waals surface area contributed by atoms with Crippen molar-refractivity contribution in [2.45, 2.75) is 59.3 Å². The summed E-state index contributed by atoms with van der Waals surface area (Å²) in [5.41, 5.74) is 3.97. The second-order valence-corrected chi connectivity index (χ2v) is 8.19. The number of aryl methyl sites for hydroxylation is 2. The summed E-state index contributed by atoms with van der Waals surface area (Å²) in [6, 6.07) is 4.98. The molecule has 1 aromatic carbocycles. The summed E-state index contributed by atoms with van der Waals surface area (Å²) >= 11 is 0. The zero-order valence-corrected chi connectivity index (χ0v) is 17.4. The summed E-state index contributed by atoms with van der Waals surface area (Å²) in [5.74, 6) is 2.87. The van der Waals surface area contributed by atoms with Gasteiger partial charge in [-0.1, -0.05) is 35.6 Å². The van der Waals surface area contributed by atoms with Gasteiger partial charge in [-0.3, -0.25) is 0 Å². The second kappa shape index (κ2) is 8.81. The molecule has 0 unspecified atom stereocenters. The van der Waals surface area contributed by atoms with Crippen LogP contribution in [0.25, 0.3) is 0 Å². The summed E-state index contributed by atoms with van der Waals surface area (Å²) < 4.78 is 11.4. The number of hydrogen-bond acceptors (Lipinski definition) is 5. The van der Waals surface area contributed by atoms with Gasteiger partial charge >= 0.3 is 6.01 Å². The molecule has 27 heavy (non-hydrogen) atoms. The lowest BCUT2D eigenvalue weighted by molar-refractivity contribution is 0.276. The van der Waals surface area contributed by atoms with Crippen molar-refractivity contribution < 1.29 is 9.26 Å². The first-order valence-electron chi connectivity index (χ1n) is 10.2. The van der Waals surface area contributed by atoms with Crippen LogP contribution >= 0.6 is 0 Å². The molecule has 0 spiro atoms. The lowest BCUT2D eigenvalue weighted by Crippen LogP contribution is -2.34. The van der Waals surface area contributed by atoms with Gasteiger partial charge in [0.05, 0.1) is 6.61 Å². The Morgan fingerprint density at radius 2 is 1.89 bits per heavy atom. The van der Waals surface area contributed by atoms with E-state index in [1.165, 1.54) is 35.9 Å². The van der Waals surface area contributed by atoms with Gasteiger partial charge < -0.3 is 14.2 Å². The molecular weight excluding hydrogens is 337 g/mol. The van der Waals surface area contributed by atoms with Crippen molar-refractivity contribution in [3.63, 3.8) is 0 Å². The molecule has 1 aliphatic rings. The Balaban J connectivity index is 1.38. The van der Waals surface area contributed by atoms with E-state index in [9.17, 15) is 0 Å². The number of rotatable bonds is 7. The van der Waals surface area contributed by atoms with Crippen LogP contribution in [0.5, 0.6) is 5.75 Å². The van der Waals surface area contributed by atoms with Crippen LogP contribution < -0.4 is 15.1 Å². The van der Waals surface area contributed by atoms with Crippen LogP contribution in [-0.4, -0.2) is 37.7 Å². The van der Waals surface area contributed by atoms with Crippen molar-refractivity contribution in [2.24, 2.45) is 5.92 Å². The molecule has 1 fully saturated rings. The van der Waals surface area contributed by atoms with Gasteiger partial charge in [-0.15, -0.1) is 0 Å². The topological polar surface area (TPSA) is 51.4 Å². The van der Waals surface area contributed by atoms with Gasteiger partial charge in [0.1, 0.15) is 13.6 Å². The molecule has 0 aliphatic carbocycles. The Labute approximate surface area is 163 Å². The molecular formula is C21H32BN3O2. The number of benzene rings is 1. The summed E-state index contributed by atoms with van der Waals surface area (Å²) in [5, 5.41) is 4.07. The molecule has 1 aliphatic heterocycles. The maximum atomic E-state index is 5.99. The third-order valence-corrected chi connectivity index (χ3v) is 5.76. The molecule has 2 heterocycles. The van der Waals surface area contributed by atoms with Gasteiger partial charge in [-0.25, -0.2) is 0 Å². The highest BCUT2D eigenvalue weighted by atomic mass is 16.5. The quantitative estimate of drug-likeness (QED) is 0.554. The van der Waals surface area contributed by atoms with Crippen molar-refractivity contribution in [1.29, 1.82) is 0 Å². The molecule has 146 valence electrons. The second-order valence-electron chi connectivity index (χ2n) is 8.19. The van der Waals surface area contributed by atoms with Crippen LogP contribution in [0.4, 0.5) is 6.01 Å². The van der Waals surface area contributed by atoms with Gasteiger partial charge in [0.2, 0.25) is 0 Å². The van der Waals surface area contributed by atoms with Crippen LogP contribution in [0.15, 0.2) is 16.7 Å². The highest BCUT2D eigenvalue weighted by molar-refractivity contribution is 6.34. The van der Waals surface area contributed by atoms with E-state index >= 15 is 0 Å². The van der Waals surface area contributed by atoms with E-state index in [4.69, 9.17) is 9.26 Å². The van der Waals surface area contributed by atoms with Crippen LogP contribution in [-0.2, 0) is 0 Å². The Morgan fingerprint density at radius 1 is 1.22 bits per heavy atom. The number of nitrogens with zero attached hydrogens (tertiary/aromatic N) is 3. The minimum absolute atomic E-state index is 0.307. The minimum Gasteiger partial charge on any atom is -0.494 e. The molecule has 2 aromatic rings. The van der Waals surface area contributed by atoms with Gasteiger partial charge in [0.15, 0.2) is 5.82 Å². The van der Waals surface area contributed by atoms with Crippen LogP contribution in [0, 0.1) is 19.8 Å². The average molecular weight is 369 g/mol. The molecule has 5 nitrogen and oxygen atoms in total. The number of hydrogen-bond donors (Lipinski definition) is 0. The molecule has 6 heteroatoms. The van der Waals surface area contributed by atoms with Gasteiger partial charge in [-0.2, -0.15) is 4.98 Å². The molecule has 0 amide bonds. The Hall–Kier alpha value is -1.98. The largest absolute Gasteiger partial charge is 0.494 e. The number of piperidine rings is 1. The molecule has 0 bridgehead atoms. The zero-order valence-electron chi connectivity index (χ0n) is 17.4. The van der Waals surface area contributed by atoms with E-state index in [2.05, 4.69) is 62.7 Å². The van der Waals surface area contributed by atoms with Gasteiger partial charge in [0, 0.05) is 19.0 Å². The van der Waals surface area contributed by atoms with E-state index in [1.807, 2.05) is 0 Å². The molecule has 0 saturated carbocycles. The van der Waals surface area contributed by atoms with Crippen molar-refractivity contribution in [3.05, 3.63) is 29.1 Å². The SMILES string of the molecule is Bc1c(C)cc(OCCCC2CCN(c3nc(C(C)C)no3)CC2)cc1C. The Kier molecular flexibility index (Phi) is 6.45. The molecule has 1 saturated heterocycles. The van der Waals surface area contributed by atoms with Crippen molar-refractivity contribution in [1.82, 2.24) is 10.1 Å². The predicted molar refractivity (Wildman–Crippen MR) is 112 cm³/mol. The Morgan fingerprint density at radius 3 is 2.48 bits per heavy atom. The fourth-order valence-corrected chi connectivity index (χ4v) is 3.64. The third kappa shape index (κ3) is 5.05. The van der Waals surface area contributed by atoms with E-state index in [-0.39, 0.29) is 0 Å². The monoisotopic (exact) mass is 369 g/mol. The van der Waals surface area contributed by atoms with E-state index < -0.39 is 0 Å². The summed E-state index contributed by atoms with van der Waals surface area (Å²) in [6.07, 6.45) is 4.69. The predicted octanol–water partition coefficient (Wildman–Crippen LogP) is 3.14. The zero-order chi connectivity index (χ0) is 19.4. The summed E-state index contributed by atoms with van der Waals surface area (Å²) in [6.45, 7) is 11.3. The Bertz CT molecular complexity index is 729. The normalized spacial score (nSPS) is 15.5. The van der Waals surface area contributed by atoms with Gasteiger partial charge in [0.25, 0.3) is 0 Å². The lowest BCUT2D eigenvalue weighted by atomic mass is 9.87. The van der Waals surface area contributed by atoms with Crippen molar-refractivity contribution in [2.75, 3.05) is 24.6 Å². The van der Waals surface area contributed by atoms with Crippen molar-refractivity contribution in [3.8, 4) is 5.75 Å². The number of aromatic nitrogens is 2. The van der Waals surface area contributed by atoms with Gasteiger partial charge in [-0.05, 0) is 57.6 Å². The third-order valence-electron chi connectivity index (χ3n) is 5.76. The van der Waals surface area contributed by atoms with E-state index in [0.29, 0.717) is 11.9 Å². The van der Waals surface area contributed by atoms with Crippen molar-refractivity contribution >= 4 is 19.3 Å². The lowest BCUT2D eigenvalue weighted by Gasteiger charge is -2.30. The first-order chi connectivity index (χ1) is 12.9. The maximum absolute atomic E-state index is 5.99. The standard InChI is InChI=1S/C21H32BN3O2/c1-14(2)20-23-21(27-24-20)25-9-7-17(8-10-25)6-5-11-26-18-12-15(3)19(22)16(4)13-18/h12-14,17H,5-11,22H2,1-4H3. The summed E-state index contributed by atoms with van der Waals surface area (Å²) in [4.78, 5) is 6.74. The first-order valence-corrected chi connectivity index (χ1v) is 10.2. The minimum atomic E-state index is 0.307. The first kappa shape index (κ1) is 19.8. The average Bonchev–Trinajstić information content (AvgIpc) is 3.14. The fraction of sp³-hybridized carbons (Fsp3) is 0.619. The molecule has 0 radical (unpaired) electrons. The summed E-state index contributed by atoms with van der Waals surface area (Å²) in [7, 11) is 2.17. The highest BCUT2D eigenvalue weighted by Crippen LogP contribution is 2.26. The number of anilines is 1. The molecule has 0 atom stereocenters. The maximum Gasteiger partial charge on any atom is 0.324 e. The van der Waals surface area contributed by atoms with E-state index in [1.54, 1.807) is 0 Å². The smallest absolute Gasteiger partial charge is 0.324 e. The van der Waals surface area contributed by atoms with Crippen LogP contribution in [0.1, 0.15) is 62.4 Å². The van der Waals surface area contributed by atoms with Crippen LogP contribution in [0.2, 0.25) is 0 Å². The number of ether oxygens (including phenoxy) is 1. The molecule has 3 rings (SSSR count). The molecule has 0 N–H and O–H groups in total. The molecule has 1 aromatic heterocycles. The fourth-order valence-electron chi connectivity index (χ4n) is 3.64. The highest BCUT2D eigenvalue weighted by Gasteiger charge is 2.23. The van der Waals surface area contributed by atoms with E-state index in [0.717, 1.165) is 43.6 Å².